The van der Waals surface area contributed by atoms with Gasteiger partial charge in [-0.1, -0.05) is 60.0 Å². The summed E-state index contributed by atoms with van der Waals surface area (Å²) in [7, 11) is 0. The zero-order valence-corrected chi connectivity index (χ0v) is 12.8. The molecular weight excluding hydrogens is 240 g/mol. The molecule has 0 spiro atoms. The van der Waals surface area contributed by atoms with E-state index in [9.17, 15) is 0 Å². The van der Waals surface area contributed by atoms with Crippen molar-refractivity contribution >= 4 is 0 Å². The van der Waals surface area contributed by atoms with Crippen molar-refractivity contribution in [2.45, 2.75) is 27.7 Å². The third kappa shape index (κ3) is 10.7. The van der Waals surface area contributed by atoms with E-state index in [0.717, 1.165) is 5.56 Å². The minimum atomic E-state index is 1.08. The molecule has 0 atom stereocenters. The zero-order chi connectivity index (χ0) is 15.1. The van der Waals surface area contributed by atoms with Gasteiger partial charge in [-0.25, -0.2) is 0 Å². The van der Waals surface area contributed by atoms with E-state index in [4.69, 9.17) is 0 Å². The van der Waals surface area contributed by atoms with Crippen LogP contribution in [0.3, 0.4) is 0 Å². The normalized spacial score (nSPS) is 7.20. The summed E-state index contributed by atoms with van der Waals surface area (Å²) in [6.07, 6.45) is 0. The zero-order valence-electron chi connectivity index (χ0n) is 12.8. The highest BCUT2D eigenvalue weighted by Crippen LogP contribution is 1.94. The largest absolute Gasteiger partial charge is 0.107 e. The molecule has 0 nitrogen and oxygen atoms in total. The van der Waals surface area contributed by atoms with Gasteiger partial charge in [0.05, 0.1) is 0 Å². The van der Waals surface area contributed by atoms with Gasteiger partial charge in [-0.2, -0.15) is 0 Å². The Morgan fingerprint density at radius 2 is 1.05 bits per heavy atom. The Balaban J connectivity index is 0.000000293. The van der Waals surface area contributed by atoms with Gasteiger partial charge in [0.1, 0.15) is 0 Å². The van der Waals surface area contributed by atoms with Gasteiger partial charge in [-0.15, -0.1) is 17.8 Å². The molecule has 0 bridgehead atoms. The molecule has 102 valence electrons. The highest BCUT2D eigenvalue weighted by atomic mass is 13.8. The predicted molar refractivity (Wildman–Crippen MR) is 89.3 cm³/mol. The fourth-order valence-corrected chi connectivity index (χ4v) is 1.20. The maximum Gasteiger partial charge on any atom is 0.0245 e. The van der Waals surface area contributed by atoms with Gasteiger partial charge in [0, 0.05) is 5.56 Å². The Morgan fingerprint density at radius 1 is 0.600 bits per heavy atom. The van der Waals surface area contributed by atoms with Crippen LogP contribution in [-0.2, 0) is 0 Å². The number of hydrogen-bond acceptors (Lipinski definition) is 0. The average molecular weight is 262 g/mol. The molecule has 2 rings (SSSR count). The first-order valence-electron chi connectivity index (χ1n) is 6.57. The summed E-state index contributed by atoms with van der Waals surface area (Å²) in [5, 5.41) is 0. The van der Waals surface area contributed by atoms with Crippen LogP contribution in [0.1, 0.15) is 31.9 Å². The number of hydrogen-bond donors (Lipinski definition) is 0. The average Bonchev–Trinajstić information content (AvgIpc) is 2.50. The fourth-order valence-electron chi connectivity index (χ4n) is 1.20. The van der Waals surface area contributed by atoms with E-state index in [0.29, 0.717) is 0 Å². The van der Waals surface area contributed by atoms with Crippen molar-refractivity contribution in [3.8, 4) is 23.7 Å². The van der Waals surface area contributed by atoms with E-state index < -0.39 is 0 Å². The molecule has 2 aromatic rings. The second-order valence-electron chi connectivity index (χ2n) is 3.90. The van der Waals surface area contributed by atoms with Crippen molar-refractivity contribution in [2.24, 2.45) is 0 Å². The molecule has 0 aliphatic carbocycles. The van der Waals surface area contributed by atoms with Crippen LogP contribution in [0, 0.1) is 30.6 Å². The number of benzene rings is 2. The summed E-state index contributed by atoms with van der Waals surface area (Å²) >= 11 is 0. The van der Waals surface area contributed by atoms with E-state index in [1.165, 1.54) is 5.56 Å². The smallest absolute Gasteiger partial charge is 0.0245 e. The van der Waals surface area contributed by atoms with Crippen LogP contribution in [0.4, 0.5) is 0 Å². The maximum atomic E-state index is 2.96. The summed E-state index contributed by atoms with van der Waals surface area (Å²) < 4.78 is 0. The first-order chi connectivity index (χ1) is 9.74. The van der Waals surface area contributed by atoms with Crippen LogP contribution in [-0.4, -0.2) is 0 Å². The van der Waals surface area contributed by atoms with Crippen LogP contribution in [0.5, 0.6) is 0 Å². The molecule has 2 aromatic carbocycles. The van der Waals surface area contributed by atoms with Gasteiger partial charge >= 0.3 is 0 Å². The second kappa shape index (κ2) is 13.0. The summed E-state index contributed by atoms with van der Waals surface area (Å²) in [5.74, 6) is 11.2. The molecule has 0 aliphatic rings. The molecule has 0 saturated heterocycles. The Hall–Kier alpha value is -2.44. The van der Waals surface area contributed by atoms with Crippen LogP contribution in [0.25, 0.3) is 0 Å². The number of rotatable bonds is 0. The van der Waals surface area contributed by atoms with Crippen molar-refractivity contribution in [1.82, 2.24) is 0 Å². The minimum Gasteiger partial charge on any atom is -0.107 e. The lowest BCUT2D eigenvalue weighted by molar-refractivity contribution is 1.48. The Kier molecular flexibility index (Phi) is 11.4. The van der Waals surface area contributed by atoms with Crippen LogP contribution < -0.4 is 0 Å². The van der Waals surface area contributed by atoms with E-state index in [1.54, 1.807) is 0 Å². The first-order valence-corrected chi connectivity index (χ1v) is 6.57. The van der Waals surface area contributed by atoms with E-state index in [-0.39, 0.29) is 0 Å². The maximum absolute atomic E-state index is 2.96. The van der Waals surface area contributed by atoms with Crippen molar-refractivity contribution in [3.05, 3.63) is 71.8 Å². The Bertz CT molecular complexity index is 551. The fraction of sp³-hybridized carbons (Fsp3) is 0.200. The van der Waals surface area contributed by atoms with Crippen LogP contribution >= 0.6 is 0 Å². The standard InChI is InChI=1S/C9H8.C7H8.C4H6/c1-2-6-9-7-4-3-5-8-9;1-7-5-3-2-4-6-7;1-3-4-2/h3-5,7-8H,1H3;2-6H,1H3;1-2H3. The van der Waals surface area contributed by atoms with Gasteiger partial charge in [0.15, 0.2) is 0 Å². The molecule has 0 aromatic heterocycles. The van der Waals surface area contributed by atoms with Gasteiger partial charge in [-0.3, -0.25) is 0 Å². The quantitative estimate of drug-likeness (QED) is 0.581. The molecule has 0 saturated carbocycles. The monoisotopic (exact) mass is 262 g/mol. The van der Waals surface area contributed by atoms with Crippen molar-refractivity contribution in [2.75, 3.05) is 0 Å². The first kappa shape index (κ1) is 17.6. The molecular formula is C20H22. The minimum absolute atomic E-state index is 1.08. The molecule has 0 N–H and O–H groups in total. The Morgan fingerprint density at radius 3 is 1.35 bits per heavy atom. The molecule has 20 heavy (non-hydrogen) atoms. The lowest BCUT2D eigenvalue weighted by Gasteiger charge is -1.83. The lowest BCUT2D eigenvalue weighted by Crippen LogP contribution is -1.67. The predicted octanol–water partition coefficient (Wildman–Crippen LogP) is 5.08. The SMILES string of the molecule is CC#CC.CC#Cc1ccccc1.Cc1ccccc1. The van der Waals surface area contributed by atoms with Gasteiger partial charge in [0.25, 0.3) is 0 Å². The molecule has 0 radical (unpaired) electrons. The van der Waals surface area contributed by atoms with E-state index in [2.05, 4.69) is 42.7 Å². The molecule has 0 unspecified atom stereocenters. The molecule has 0 heteroatoms. The van der Waals surface area contributed by atoms with Gasteiger partial charge in [0.2, 0.25) is 0 Å². The Labute approximate surface area is 123 Å². The highest BCUT2D eigenvalue weighted by molar-refractivity contribution is 5.32. The van der Waals surface area contributed by atoms with Gasteiger partial charge < -0.3 is 0 Å². The second-order valence-corrected chi connectivity index (χ2v) is 3.90. The van der Waals surface area contributed by atoms with Gasteiger partial charge in [-0.05, 0) is 39.8 Å². The highest BCUT2D eigenvalue weighted by Gasteiger charge is 1.77. The third-order valence-corrected chi connectivity index (χ3v) is 2.23. The third-order valence-electron chi connectivity index (χ3n) is 2.23. The molecule has 0 fully saturated rings. The molecule has 0 aliphatic heterocycles. The van der Waals surface area contributed by atoms with Crippen LogP contribution in [0.15, 0.2) is 60.7 Å². The van der Waals surface area contributed by atoms with Crippen molar-refractivity contribution in [3.63, 3.8) is 0 Å². The molecule has 0 amide bonds. The topological polar surface area (TPSA) is 0 Å². The van der Waals surface area contributed by atoms with Crippen LogP contribution in [0.2, 0.25) is 0 Å². The van der Waals surface area contributed by atoms with Crippen molar-refractivity contribution in [1.29, 1.82) is 0 Å². The van der Waals surface area contributed by atoms with Crippen molar-refractivity contribution < 1.29 is 0 Å². The summed E-state index contributed by atoms with van der Waals surface area (Å²) in [6, 6.07) is 20.2. The number of aryl methyl sites for hydroxylation is 1. The summed E-state index contributed by atoms with van der Waals surface area (Å²) in [6.45, 7) is 7.56. The molecule has 0 heterocycles. The van der Waals surface area contributed by atoms with E-state index in [1.807, 2.05) is 69.3 Å². The lowest BCUT2D eigenvalue weighted by atomic mass is 10.2. The van der Waals surface area contributed by atoms with E-state index >= 15 is 0 Å². The summed E-state index contributed by atoms with van der Waals surface area (Å²) in [4.78, 5) is 0. The summed E-state index contributed by atoms with van der Waals surface area (Å²) in [5.41, 5.74) is 2.41.